The molecule has 6 heterocycles. The minimum Gasteiger partial charge on any atom is -0.471 e. The van der Waals surface area contributed by atoms with Gasteiger partial charge in [-0.3, -0.25) is 0 Å². The van der Waals surface area contributed by atoms with Gasteiger partial charge in [0, 0.05) is 18.4 Å². The molecule has 0 radical (unpaired) electrons. The predicted molar refractivity (Wildman–Crippen MR) is 125 cm³/mol. The number of hydrogen-bond acceptors (Lipinski definition) is 13. The van der Waals surface area contributed by atoms with Crippen LogP contribution in [0.2, 0.25) is 0 Å². The van der Waals surface area contributed by atoms with E-state index in [0.29, 0.717) is 17.6 Å². The highest BCUT2D eigenvalue weighted by Crippen LogP contribution is 2.43. The third kappa shape index (κ3) is 4.24. The van der Waals surface area contributed by atoms with Crippen molar-refractivity contribution < 1.29 is 62.8 Å². The summed E-state index contributed by atoms with van der Waals surface area (Å²) in [5.41, 5.74) is -0.156. The Hall–Kier alpha value is -2.62. The fraction of sp³-hybridized carbons (Fsp3) is 0.615. The van der Waals surface area contributed by atoms with Crippen LogP contribution in [0.3, 0.4) is 0 Å². The third-order valence-electron chi connectivity index (χ3n) is 7.95. The maximum atomic E-state index is 12.5. The smallest absolute Gasteiger partial charge is 0.340 e. The molecule has 39 heavy (non-hydrogen) atoms. The second kappa shape index (κ2) is 10.1. The molecule has 6 rings (SSSR count). The summed E-state index contributed by atoms with van der Waals surface area (Å²) < 4.78 is 45.6. The molecule has 0 unspecified atom stereocenters. The predicted octanol–water partition coefficient (Wildman–Crippen LogP) is -0.542. The zero-order chi connectivity index (χ0) is 27.5. The summed E-state index contributed by atoms with van der Waals surface area (Å²) >= 11 is 0. The van der Waals surface area contributed by atoms with Crippen LogP contribution >= 0.6 is 0 Å². The summed E-state index contributed by atoms with van der Waals surface area (Å²) in [5.74, 6) is -2.17. The van der Waals surface area contributed by atoms with Gasteiger partial charge < -0.3 is 53.2 Å². The Morgan fingerprint density at radius 3 is 2.62 bits per heavy atom. The van der Waals surface area contributed by atoms with Crippen LogP contribution in [0.25, 0.3) is 0 Å². The summed E-state index contributed by atoms with van der Waals surface area (Å²) in [6.45, 7) is 5.54. The quantitative estimate of drug-likeness (QED) is 0.303. The van der Waals surface area contributed by atoms with Gasteiger partial charge >= 0.3 is 11.9 Å². The van der Waals surface area contributed by atoms with Crippen molar-refractivity contribution in [2.24, 2.45) is 5.92 Å². The van der Waals surface area contributed by atoms with Crippen molar-refractivity contribution in [1.82, 2.24) is 0 Å². The van der Waals surface area contributed by atoms with Gasteiger partial charge in [-0.2, -0.15) is 0 Å². The van der Waals surface area contributed by atoms with Gasteiger partial charge in [-0.15, -0.1) is 6.58 Å². The fourth-order valence-corrected chi connectivity index (χ4v) is 5.88. The molecule has 0 spiro atoms. The highest BCUT2D eigenvalue weighted by Gasteiger charge is 2.56. The Balaban J connectivity index is 1.24. The number of rotatable bonds is 3. The number of esters is 2. The first-order valence-electron chi connectivity index (χ1n) is 12.8. The zero-order valence-electron chi connectivity index (χ0n) is 21.1. The Bertz CT molecular complexity index is 1140. The average molecular weight is 551 g/mol. The van der Waals surface area contributed by atoms with E-state index in [9.17, 15) is 24.9 Å². The number of cyclic esters (lactones) is 2. The van der Waals surface area contributed by atoms with Gasteiger partial charge in [-0.05, 0) is 12.5 Å². The van der Waals surface area contributed by atoms with Gasteiger partial charge in [0.15, 0.2) is 18.9 Å². The van der Waals surface area contributed by atoms with Crippen LogP contribution in [0.15, 0.2) is 47.3 Å². The van der Waals surface area contributed by atoms with Crippen molar-refractivity contribution >= 4 is 11.9 Å². The highest BCUT2D eigenvalue weighted by atomic mass is 16.8. The first-order valence-corrected chi connectivity index (χ1v) is 12.8. The summed E-state index contributed by atoms with van der Waals surface area (Å²) in [4.78, 5) is 24.7. The van der Waals surface area contributed by atoms with Gasteiger partial charge in [-0.1, -0.05) is 12.2 Å². The van der Waals surface area contributed by atoms with Crippen LogP contribution < -0.4 is 0 Å². The van der Waals surface area contributed by atoms with Gasteiger partial charge in [-0.25, -0.2) is 9.59 Å². The average Bonchev–Trinajstić information content (AvgIpc) is 2.90. The molecule has 13 nitrogen and oxygen atoms in total. The Morgan fingerprint density at radius 1 is 1.05 bits per heavy atom. The molecule has 2 bridgehead atoms. The van der Waals surface area contributed by atoms with E-state index in [4.69, 9.17) is 37.9 Å². The van der Waals surface area contributed by atoms with Crippen LogP contribution in [-0.2, 0) is 47.5 Å². The first-order chi connectivity index (χ1) is 18.8. The molecule has 6 aliphatic heterocycles. The molecular formula is C26H30O13. The summed E-state index contributed by atoms with van der Waals surface area (Å²) in [7, 11) is 0. The Morgan fingerprint density at radius 2 is 1.85 bits per heavy atom. The SMILES string of the molecule is C=C[C@H]1[C@H](O[C@@H]2O[C@@H]3CO[C@H]4O[C@H](O[C@H]3[C@H](O)[C@H]2O)/C(=C\C)C2=C4C(=O)OCC2)OC=C2C(=O)OCC[C@]21O. The molecule has 10 atom stereocenters. The van der Waals surface area contributed by atoms with Crippen molar-refractivity contribution in [2.75, 3.05) is 19.8 Å². The van der Waals surface area contributed by atoms with E-state index in [1.807, 2.05) is 0 Å². The molecular weight excluding hydrogens is 520 g/mol. The summed E-state index contributed by atoms with van der Waals surface area (Å²) in [6, 6.07) is 0. The molecule has 0 saturated carbocycles. The molecule has 0 aromatic carbocycles. The molecule has 0 aliphatic carbocycles. The van der Waals surface area contributed by atoms with E-state index >= 15 is 0 Å². The Kier molecular flexibility index (Phi) is 6.88. The molecule has 3 saturated heterocycles. The van der Waals surface area contributed by atoms with Crippen molar-refractivity contribution in [1.29, 1.82) is 0 Å². The number of hydrogen-bond donors (Lipinski definition) is 3. The number of carbonyl (C=O) groups excluding carboxylic acids is 2. The fourth-order valence-electron chi connectivity index (χ4n) is 5.88. The molecule has 3 fully saturated rings. The topological polar surface area (TPSA) is 169 Å². The van der Waals surface area contributed by atoms with Gasteiger partial charge in [0.05, 0.1) is 37.6 Å². The lowest BCUT2D eigenvalue weighted by Gasteiger charge is -2.49. The molecule has 0 aromatic rings. The minimum absolute atomic E-state index is 0.00623. The lowest BCUT2D eigenvalue weighted by Crippen LogP contribution is -2.64. The molecule has 3 N–H and O–H groups in total. The number of fused-ring (bicyclic) bond motifs is 5. The number of aliphatic hydroxyl groups is 3. The van der Waals surface area contributed by atoms with Gasteiger partial charge in [0.2, 0.25) is 6.29 Å². The van der Waals surface area contributed by atoms with E-state index in [-0.39, 0.29) is 37.4 Å². The highest BCUT2D eigenvalue weighted by molar-refractivity contribution is 5.92. The number of aliphatic hydroxyl groups excluding tert-OH is 2. The first kappa shape index (κ1) is 26.6. The second-order valence-corrected chi connectivity index (χ2v) is 10.0. The summed E-state index contributed by atoms with van der Waals surface area (Å²) in [5, 5.41) is 33.3. The monoisotopic (exact) mass is 550 g/mol. The van der Waals surface area contributed by atoms with Crippen molar-refractivity contribution in [3.63, 3.8) is 0 Å². The van der Waals surface area contributed by atoms with Crippen LogP contribution in [0.5, 0.6) is 0 Å². The van der Waals surface area contributed by atoms with Crippen molar-refractivity contribution in [2.45, 2.75) is 74.9 Å². The number of carbonyl (C=O) groups is 2. The van der Waals surface area contributed by atoms with E-state index in [0.717, 1.165) is 6.26 Å². The Labute approximate surface area is 223 Å². The van der Waals surface area contributed by atoms with E-state index < -0.39 is 73.0 Å². The van der Waals surface area contributed by atoms with E-state index in [1.165, 1.54) is 6.08 Å². The zero-order valence-corrected chi connectivity index (χ0v) is 21.1. The van der Waals surface area contributed by atoms with Crippen LogP contribution in [0.4, 0.5) is 0 Å². The maximum absolute atomic E-state index is 12.5. The van der Waals surface area contributed by atoms with Crippen LogP contribution in [-0.4, -0.2) is 102 Å². The lowest BCUT2D eigenvalue weighted by molar-refractivity contribution is -0.375. The van der Waals surface area contributed by atoms with E-state index in [1.54, 1.807) is 13.0 Å². The molecule has 6 aliphatic rings. The van der Waals surface area contributed by atoms with Gasteiger partial charge in [0.25, 0.3) is 0 Å². The maximum Gasteiger partial charge on any atom is 0.340 e. The third-order valence-corrected chi connectivity index (χ3v) is 7.95. The molecule has 13 heteroatoms. The lowest BCUT2D eigenvalue weighted by atomic mass is 9.76. The standard InChI is InChI=1S/C26H30O13/c1-3-11-12-5-7-32-21(30)16(12)24-35-10-15-19(37-22(11)38-24)17(27)18(28)25(36-15)39-23-13(4-2)26(31)6-8-33-20(29)14(26)9-34-23/h3-4,9,13,15,17-19,22-25,27-28,31H,2,5-8,10H2,1H3/b11-3-/t13-,15+,17+,18+,19+,22-,23-,24-,25-,26+/m0/s1. The molecule has 212 valence electrons. The molecule has 0 amide bonds. The minimum atomic E-state index is -1.66. The summed E-state index contributed by atoms with van der Waals surface area (Å²) in [6.07, 6.45) is -5.09. The molecule has 0 aromatic heterocycles. The number of allylic oxidation sites excluding steroid dienone is 1. The van der Waals surface area contributed by atoms with Crippen molar-refractivity contribution in [3.8, 4) is 0 Å². The largest absolute Gasteiger partial charge is 0.471 e. The van der Waals surface area contributed by atoms with E-state index in [2.05, 4.69) is 6.58 Å². The van der Waals surface area contributed by atoms with Crippen LogP contribution in [0, 0.1) is 5.92 Å². The van der Waals surface area contributed by atoms with Gasteiger partial charge in [0.1, 0.15) is 35.6 Å². The van der Waals surface area contributed by atoms with Crippen LogP contribution in [0.1, 0.15) is 19.8 Å². The number of ether oxygens (including phenoxy) is 8. The van der Waals surface area contributed by atoms with Crippen molar-refractivity contribution in [3.05, 3.63) is 47.3 Å². The normalized spacial score (nSPS) is 44.9. The second-order valence-electron chi connectivity index (χ2n) is 10.0.